The third-order valence-corrected chi connectivity index (χ3v) is 5.65. The van der Waals surface area contributed by atoms with Crippen LogP contribution >= 0.6 is 0 Å². The fraction of sp³-hybridized carbons (Fsp3) is 0.458. The van der Waals surface area contributed by atoms with E-state index in [0.717, 1.165) is 43.8 Å². The summed E-state index contributed by atoms with van der Waals surface area (Å²) in [5.41, 5.74) is 2.10. The normalized spacial score (nSPS) is 14.5. The Morgan fingerprint density at radius 3 is 2.29 bits per heavy atom. The molecule has 7 heteroatoms. The van der Waals surface area contributed by atoms with Crippen molar-refractivity contribution < 1.29 is 13.9 Å². The lowest BCUT2D eigenvalue weighted by atomic mass is 10.0. The number of methoxy groups -OCH3 is 1. The van der Waals surface area contributed by atoms with E-state index in [1.54, 1.807) is 19.2 Å². The molecule has 0 aromatic heterocycles. The van der Waals surface area contributed by atoms with Gasteiger partial charge in [0.25, 0.3) is 0 Å². The van der Waals surface area contributed by atoms with Crippen molar-refractivity contribution in [2.75, 3.05) is 52.3 Å². The topological polar surface area (TPSA) is 48.1 Å². The molecule has 0 spiro atoms. The summed E-state index contributed by atoms with van der Waals surface area (Å²) in [5, 5.41) is 3.21. The third-order valence-electron chi connectivity index (χ3n) is 5.65. The second kappa shape index (κ2) is 11.0. The van der Waals surface area contributed by atoms with Crippen LogP contribution in [0.3, 0.4) is 0 Å². The Morgan fingerprint density at radius 1 is 1.06 bits per heavy atom. The molecule has 2 aromatic carbocycles. The van der Waals surface area contributed by atoms with E-state index in [4.69, 9.17) is 4.74 Å². The smallest absolute Gasteiger partial charge is 0.317 e. The Morgan fingerprint density at radius 2 is 1.71 bits per heavy atom. The van der Waals surface area contributed by atoms with Crippen LogP contribution in [0.1, 0.15) is 18.4 Å². The van der Waals surface area contributed by atoms with E-state index in [0.29, 0.717) is 13.1 Å². The largest absolute Gasteiger partial charge is 0.497 e. The number of amides is 2. The number of likely N-dealkylation sites (N-methyl/N-ethyl adjacent to an activating group) is 1. The molecule has 168 valence electrons. The molecule has 3 rings (SSSR count). The van der Waals surface area contributed by atoms with Crippen LogP contribution in [0, 0.1) is 5.82 Å². The fourth-order valence-corrected chi connectivity index (χ4v) is 3.72. The number of nitrogens with zero attached hydrogens (tertiary/aromatic N) is 3. The number of rotatable bonds is 8. The molecule has 2 amide bonds. The van der Waals surface area contributed by atoms with Crippen LogP contribution < -0.4 is 15.0 Å². The first-order valence-corrected chi connectivity index (χ1v) is 10.8. The molecule has 1 N–H and O–H groups in total. The highest BCUT2D eigenvalue weighted by Gasteiger charge is 2.23. The van der Waals surface area contributed by atoms with Gasteiger partial charge >= 0.3 is 6.03 Å². The van der Waals surface area contributed by atoms with E-state index < -0.39 is 0 Å². The first-order valence-electron chi connectivity index (χ1n) is 10.8. The summed E-state index contributed by atoms with van der Waals surface area (Å²) in [5.74, 6) is 0.585. The molecule has 0 radical (unpaired) electrons. The molecule has 31 heavy (non-hydrogen) atoms. The van der Waals surface area contributed by atoms with Gasteiger partial charge in [-0.25, -0.2) is 9.18 Å². The van der Waals surface area contributed by atoms with Gasteiger partial charge in [-0.2, -0.15) is 0 Å². The van der Waals surface area contributed by atoms with Gasteiger partial charge in [0.2, 0.25) is 0 Å². The molecule has 0 aliphatic carbocycles. The van der Waals surface area contributed by atoms with Crippen molar-refractivity contribution in [1.82, 2.24) is 15.1 Å². The summed E-state index contributed by atoms with van der Waals surface area (Å²) >= 11 is 0. The maximum Gasteiger partial charge on any atom is 0.317 e. The number of urea groups is 1. The summed E-state index contributed by atoms with van der Waals surface area (Å²) in [4.78, 5) is 19.2. The van der Waals surface area contributed by atoms with Crippen molar-refractivity contribution in [3.63, 3.8) is 0 Å². The molecule has 0 atom stereocenters. The molecular formula is C24H33FN4O2. The molecule has 1 aliphatic heterocycles. The number of nitrogens with one attached hydrogen (secondary N) is 1. The molecular weight excluding hydrogens is 395 g/mol. The van der Waals surface area contributed by atoms with Crippen molar-refractivity contribution >= 4 is 11.7 Å². The number of carbonyl (C=O) groups is 1. The fourth-order valence-electron chi connectivity index (χ4n) is 3.72. The minimum absolute atomic E-state index is 0.0610. The number of hydrogen-bond donors (Lipinski definition) is 1. The minimum Gasteiger partial charge on any atom is -0.497 e. The van der Waals surface area contributed by atoms with Gasteiger partial charge in [0, 0.05) is 44.5 Å². The zero-order chi connectivity index (χ0) is 22.2. The second-order valence-corrected chi connectivity index (χ2v) is 8.26. The van der Waals surface area contributed by atoms with E-state index in [1.165, 1.54) is 17.8 Å². The van der Waals surface area contributed by atoms with Gasteiger partial charge in [-0.15, -0.1) is 0 Å². The highest BCUT2D eigenvalue weighted by Crippen LogP contribution is 2.23. The van der Waals surface area contributed by atoms with Crippen molar-refractivity contribution in [3.05, 3.63) is 59.9 Å². The Labute approximate surface area is 184 Å². The van der Waals surface area contributed by atoms with Crippen LogP contribution in [0.2, 0.25) is 0 Å². The predicted molar refractivity (Wildman–Crippen MR) is 122 cm³/mol. The van der Waals surface area contributed by atoms with Crippen LogP contribution in [0.4, 0.5) is 14.9 Å². The number of hydrogen-bond acceptors (Lipinski definition) is 4. The van der Waals surface area contributed by atoms with E-state index in [1.807, 2.05) is 31.1 Å². The molecule has 1 aliphatic rings. The standard InChI is InChI=1S/C24H33FN4O2/c1-27(2)16-17-29(18-19-4-6-20(25)7-5-19)24(30)26-21-12-14-28(15-13-21)22-8-10-23(31-3)11-9-22/h4-11,21H,12-18H2,1-3H3,(H,26,30). The van der Waals surface area contributed by atoms with Crippen molar-refractivity contribution in [1.29, 1.82) is 0 Å². The highest BCUT2D eigenvalue weighted by atomic mass is 19.1. The van der Waals surface area contributed by atoms with Gasteiger partial charge < -0.3 is 24.8 Å². The molecule has 0 saturated carbocycles. The Balaban J connectivity index is 1.54. The van der Waals surface area contributed by atoms with Gasteiger partial charge in [0.05, 0.1) is 7.11 Å². The zero-order valence-electron chi connectivity index (χ0n) is 18.7. The van der Waals surface area contributed by atoms with E-state index in [-0.39, 0.29) is 17.9 Å². The maximum atomic E-state index is 13.2. The minimum atomic E-state index is -0.267. The first kappa shape index (κ1) is 22.9. The average molecular weight is 429 g/mol. The van der Waals surface area contributed by atoms with Crippen molar-refractivity contribution in [2.24, 2.45) is 0 Å². The molecule has 0 bridgehead atoms. The number of anilines is 1. The van der Waals surface area contributed by atoms with Gasteiger partial charge in [-0.1, -0.05) is 12.1 Å². The summed E-state index contributed by atoms with van der Waals surface area (Å²) in [6.07, 6.45) is 1.80. The Bertz CT molecular complexity index is 818. The number of piperidine rings is 1. The van der Waals surface area contributed by atoms with Crippen molar-refractivity contribution in [2.45, 2.75) is 25.4 Å². The number of carbonyl (C=O) groups excluding carboxylic acids is 1. The molecule has 2 aromatic rings. The Kier molecular flexibility index (Phi) is 8.12. The number of ether oxygens (including phenoxy) is 1. The quantitative estimate of drug-likeness (QED) is 0.698. The molecule has 1 heterocycles. The van der Waals surface area contributed by atoms with Crippen LogP contribution in [0.5, 0.6) is 5.75 Å². The monoisotopic (exact) mass is 428 g/mol. The average Bonchev–Trinajstić information content (AvgIpc) is 2.78. The molecule has 0 unspecified atom stereocenters. The van der Waals surface area contributed by atoms with E-state index >= 15 is 0 Å². The summed E-state index contributed by atoms with van der Waals surface area (Å²) in [6.45, 7) is 3.63. The molecule has 1 saturated heterocycles. The lowest BCUT2D eigenvalue weighted by molar-refractivity contribution is 0.182. The zero-order valence-corrected chi connectivity index (χ0v) is 18.7. The summed E-state index contributed by atoms with van der Waals surface area (Å²) < 4.78 is 18.5. The van der Waals surface area contributed by atoms with Crippen molar-refractivity contribution in [3.8, 4) is 5.75 Å². The van der Waals surface area contributed by atoms with Crippen LogP contribution in [-0.4, -0.2) is 69.3 Å². The van der Waals surface area contributed by atoms with Gasteiger partial charge in [0.15, 0.2) is 0 Å². The van der Waals surface area contributed by atoms with Crippen LogP contribution in [-0.2, 0) is 6.54 Å². The highest BCUT2D eigenvalue weighted by molar-refractivity contribution is 5.74. The molecule has 6 nitrogen and oxygen atoms in total. The van der Waals surface area contributed by atoms with E-state index in [9.17, 15) is 9.18 Å². The number of benzene rings is 2. The predicted octanol–water partition coefficient (Wildman–Crippen LogP) is 3.58. The Hall–Kier alpha value is -2.80. The molecule has 1 fully saturated rings. The van der Waals surface area contributed by atoms with Gasteiger partial charge in [-0.05, 0) is 68.9 Å². The SMILES string of the molecule is COc1ccc(N2CCC(NC(=O)N(CCN(C)C)Cc3ccc(F)cc3)CC2)cc1. The van der Waals surface area contributed by atoms with Crippen LogP contribution in [0.25, 0.3) is 0 Å². The summed E-state index contributed by atoms with van der Waals surface area (Å²) in [6, 6.07) is 14.5. The third kappa shape index (κ3) is 6.85. The lowest BCUT2D eigenvalue weighted by Crippen LogP contribution is -2.50. The van der Waals surface area contributed by atoms with Gasteiger partial charge in [-0.3, -0.25) is 0 Å². The van der Waals surface area contributed by atoms with Crippen LogP contribution in [0.15, 0.2) is 48.5 Å². The van der Waals surface area contributed by atoms with E-state index in [2.05, 4.69) is 27.2 Å². The lowest BCUT2D eigenvalue weighted by Gasteiger charge is -2.35. The maximum absolute atomic E-state index is 13.2. The van der Waals surface area contributed by atoms with Gasteiger partial charge in [0.1, 0.15) is 11.6 Å². The summed E-state index contributed by atoms with van der Waals surface area (Å²) in [7, 11) is 5.65. The second-order valence-electron chi connectivity index (χ2n) is 8.26. The first-order chi connectivity index (χ1) is 14.9. The number of halogens is 1.